The largest absolute Gasteiger partial charge is 0.340 e. The second-order valence-corrected chi connectivity index (χ2v) is 4.15. The van der Waals surface area contributed by atoms with Crippen molar-refractivity contribution in [2.24, 2.45) is 0 Å². The van der Waals surface area contributed by atoms with E-state index in [2.05, 4.69) is 5.10 Å². The van der Waals surface area contributed by atoms with Gasteiger partial charge in [-0.1, -0.05) is 0 Å². The Labute approximate surface area is 102 Å². The fourth-order valence-electron chi connectivity index (χ4n) is 1.82. The lowest BCUT2D eigenvalue weighted by Crippen LogP contribution is -2.42. The summed E-state index contributed by atoms with van der Waals surface area (Å²) in [5, 5.41) is 2.29. The minimum Gasteiger partial charge on any atom is -0.340 e. The van der Waals surface area contributed by atoms with Gasteiger partial charge in [-0.25, -0.2) is 4.68 Å². The normalized spacial score (nSPS) is 15.8. The Morgan fingerprint density at radius 2 is 1.83 bits per heavy atom. The molecule has 1 fully saturated rings. The Kier molecular flexibility index (Phi) is 3.40. The van der Waals surface area contributed by atoms with Crippen molar-refractivity contribution in [3.8, 4) is 0 Å². The van der Waals surface area contributed by atoms with E-state index in [0.29, 0.717) is 25.9 Å². The van der Waals surface area contributed by atoms with Crippen LogP contribution >= 0.6 is 0 Å². The number of rotatable bonds is 2. The first kappa shape index (κ1) is 12.3. The van der Waals surface area contributed by atoms with E-state index in [1.807, 2.05) is 0 Å². The second kappa shape index (κ2) is 4.99. The lowest BCUT2D eigenvalue weighted by Gasteiger charge is -2.26. The highest BCUT2D eigenvalue weighted by Gasteiger charge is 2.21. The third-order valence-corrected chi connectivity index (χ3v) is 2.86. The number of hydrogen-bond donors (Lipinski definition) is 1. The van der Waals surface area contributed by atoms with Crippen LogP contribution < -0.4 is 11.1 Å². The summed E-state index contributed by atoms with van der Waals surface area (Å²) >= 11 is 0. The fraction of sp³-hybridized carbons (Fsp3) is 0.455. The minimum absolute atomic E-state index is 0.143. The highest BCUT2D eigenvalue weighted by atomic mass is 16.2. The molecule has 96 valence electrons. The van der Waals surface area contributed by atoms with Crippen LogP contribution in [0.25, 0.3) is 0 Å². The van der Waals surface area contributed by atoms with Crippen molar-refractivity contribution < 1.29 is 9.59 Å². The Balaban J connectivity index is 2.07. The lowest BCUT2D eigenvalue weighted by atomic mass is 10.1. The van der Waals surface area contributed by atoms with Gasteiger partial charge in [0.1, 0.15) is 12.3 Å². The number of aromatic amines is 1. The molecule has 0 saturated carbocycles. The van der Waals surface area contributed by atoms with Crippen molar-refractivity contribution in [3.05, 3.63) is 32.8 Å². The van der Waals surface area contributed by atoms with Crippen molar-refractivity contribution in [3.63, 3.8) is 0 Å². The van der Waals surface area contributed by atoms with Gasteiger partial charge in [0.15, 0.2) is 0 Å². The molecule has 0 bridgehead atoms. The topological polar surface area (TPSA) is 92.2 Å². The van der Waals surface area contributed by atoms with Gasteiger partial charge in [0.2, 0.25) is 5.91 Å². The predicted molar refractivity (Wildman–Crippen MR) is 62.1 cm³/mol. The lowest BCUT2D eigenvalue weighted by molar-refractivity contribution is -0.135. The molecule has 1 N–H and O–H groups in total. The van der Waals surface area contributed by atoms with E-state index >= 15 is 0 Å². The fourth-order valence-corrected chi connectivity index (χ4v) is 1.82. The van der Waals surface area contributed by atoms with E-state index in [1.165, 1.54) is 4.90 Å². The summed E-state index contributed by atoms with van der Waals surface area (Å²) in [7, 11) is 0. The zero-order valence-electron chi connectivity index (χ0n) is 9.72. The quantitative estimate of drug-likeness (QED) is 0.709. The maximum Gasteiger partial charge on any atom is 0.265 e. The smallest absolute Gasteiger partial charge is 0.265 e. The second-order valence-electron chi connectivity index (χ2n) is 4.15. The van der Waals surface area contributed by atoms with Crippen molar-refractivity contribution in [1.82, 2.24) is 14.7 Å². The third-order valence-electron chi connectivity index (χ3n) is 2.86. The van der Waals surface area contributed by atoms with Crippen molar-refractivity contribution in [2.75, 3.05) is 13.1 Å². The average Bonchev–Trinajstić information content (AvgIpc) is 2.34. The van der Waals surface area contributed by atoms with Crippen LogP contribution in [-0.2, 0) is 16.1 Å². The molecule has 0 aliphatic carbocycles. The molecule has 1 amide bonds. The van der Waals surface area contributed by atoms with E-state index in [4.69, 9.17) is 0 Å². The van der Waals surface area contributed by atoms with Crippen LogP contribution in [0.2, 0.25) is 0 Å². The number of hydrogen-bond acceptors (Lipinski definition) is 4. The average molecular weight is 251 g/mol. The molecule has 18 heavy (non-hydrogen) atoms. The van der Waals surface area contributed by atoms with Crippen LogP contribution in [0.5, 0.6) is 0 Å². The molecule has 7 nitrogen and oxygen atoms in total. The number of carbonyl (C=O) groups is 2. The molecule has 0 unspecified atom stereocenters. The Morgan fingerprint density at radius 1 is 1.17 bits per heavy atom. The Hall–Kier alpha value is -2.18. The predicted octanol–water partition coefficient (Wildman–Crippen LogP) is -1.27. The molecule has 2 rings (SSSR count). The van der Waals surface area contributed by atoms with E-state index in [-0.39, 0.29) is 18.2 Å². The number of piperidine rings is 1. The monoisotopic (exact) mass is 251 g/mol. The zero-order chi connectivity index (χ0) is 13.1. The van der Waals surface area contributed by atoms with Crippen molar-refractivity contribution in [1.29, 1.82) is 0 Å². The summed E-state index contributed by atoms with van der Waals surface area (Å²) in [6.45, 7) is 0.552. The molecule has 2 heterocycles. The molecule has 1 aliphatic rings. The van der Waals surface area contributed by atoms with Crippen molar-refractivity contribution in [2.45, 2.75) is 19.4 Å². The molecule has 1 aliphatic heterocycles. The highest BCUT2D eigenvalue weighted by Crippen LogP contribution is 2.05. The van der Waals surface area contributed by atoms with E-state index in [9.17, 15) is 19.2 Å². The van der Waals surface area contributed by atoms with Gasteiger partial charge in [0.05, 0.1) is 0 Å². The minimum atomic E-state index is -0.434. The maximum absolute atomic E-state index is 11.9. The van der Waals surface area contributed by atoms with E-state index in [0.717, 1.165) is 16.8 Å². The Bertz CT molecular complexity index is 576. The molecule has 7 heteroatoms. The molecule has 1 aromatic heterocycles. The number of likely N-dealkylation sites (tertiary alicyclic amines) is 1. The summed E-state index contributed by atoms with van der Waals surface area (Å²) in [5.74, 6) is -0.129. The first-order valence-corrected chi connectivity index (χ1v) is 5.66. The number of H-pyrrole nitrogens is 1. The first-order chi connectivity index (χ1) is 8.56. The van der Waals surface area contributed by atoms with Gasteiger partial charge < -0.3 is 4.90 Å². The summed E-state index contributed by atoms with van der Waals surface area (Å²) in [4.78, 5) is 46.9. The molecule has 0 atom stereocenters. The van der Waals surface area contributed by atoms with Gasteiger partial charge in [0, 0.05) is 38.1 Å². The number of carbonyl (C=O) groups excluding carboxylic acids is 2. The molecule has 0 radical (unpaired) electrons. The zero-order valence-corrected chi connectivity index (χ0v) is 9.72. The van der Waals surface area contributed by atoms with Gasteiger partial charge in [-0.2, -0.15) is 0 Å². The molecule has 1 aromatic rings. The number of ketones is 1. The van der Waals surface area contributed by atoms with Gasteiger partial charge in [-0.15, -0.1) is 0 Å². The van der Waals surface area contributed by atoms with Crippen LogP contribution in [0.4, 0.5) is 0 Å². The van der Waals surface area contributed by atoms with E-state index in [1.54, 1.807) is 0 Å². The summed E-state index contributed by atoms with van der Waals surface area (Å²) in [6.07, 6.45) is 0.706. The number of aromatic nitrogens is 2. The summed E-state index contributed by atoms with van der Waals surface area (Å²) < 4.78 is 0.973. The number of nitrogens with one attached hydrogen (secondary N) is 1. The van der Waals surface area contributed by atoms with E-state index < -0.39 is 11.1 Å². The maximum atomic E-state index is 11.9. The van der Waals surface area contributed by atoms with Gasteiger partial charge in [0.25, 0.3) is 11.1 Å². The van der Waals surface area contributed by atoms with Crippen LogP contribution in [0.3, 0.4) is 0 Å². The van der Waals surface area contributed by atoms with Gasteiger partial charge in [-0.05, 0) is 0 Å². The molecule has 1 saturated heterocycles. The highest BCUT2D eigenvalue weighted by molar-refractivity contribution is 5.83. The molecular weight excluding hydrogens is 238 g/mol. The van der Waals surface area contributed by atoms with Gasteiger partial charge >= 0.3 is 0 Å². The van der Waals surface area contributed by atoms with Gasteiger partial charge in [-0.3, -0.25) is 24.3 Å². The summed E-state index contributed by atoms with van der Waals surface area (Å²) in [5.41, 5.74) is -0.868. The third kappa shape index (κ3) is 2.73. The van der Waals surface area contributed by atoms with Crippen molar-refractivity contribution >= 4 is 11.7 Å². The van der Waals surface area contributed by atoms with Crippen LogP contribution in [-0.4, -0.2) is 39.5 Å². The molecular formula is C11H13N3O4. The SMILES string of the molecule is O=C1CCN(C(=O)Cn2[nH]c(=O)ccc2=O)CC1. The number of nitrogens with zero attached hydrogens (tertiary/aromatic N) is 2. The Morgan fingerprint density at radius 3 is 2.50 bits per heavy atom. The molecule has 0 aromatic carbocycles. The number of Topliss-reactive ketones (excluding diaryl/α,β-unsaturated/α-hetero) is 1. The summed E-state index contributed by atoms with van der Waals surface area (Å²) in [6, 6.07) is 2.23. The van der Waals surface area contributed by atoms with Crippen LogP contribution in [0.1, 0.15) is 12.8 Å². The number of amides is 1. The van der Waals surface area contributed by atoms with Crippen LogP contribution in [0.15, 0.2) is 21.7 Å². The van der Waals surface area contributed by atoms with Crippen LogP contribution in [0, 0.1) is 0 Å². The first-order valence-electron chi connectivity index (χ1n) is 5.66. The molecule has 0 spiro atoms. The standard InChI is InChI=1S/C11H13N3O4/c15-8-3-5-13(6-4-8)11(18)7-14-10(17)2-1-9(16)12-14/h1-2H,3-7H2,(H,12,16).